The summed E-state index contributed by atoms with van der Waals surface area (Å²) < 4.78 is 5.82. The smallest absolute Gasteiger partial charge is 0.455 e. The Kier molecular flexibility index (Phi) is 7.10. The van der Waals surface area contributed by atoms with Crippen molar-refractivity contribution in [3.8, 4) is 11.5 Å². The zero-order chi connectivity index (χ0) is 22.9. The maximum atomic E-state index is 11.9. The van der Waals surface area contributed by atoms with Gasteiger partial charge in [-0.2, -0.15) is 0 Å². The van der Waals surface area contributed by atoms with Crippen molar-refractivity contribution in [3.05, 3.63) is 23.3 Å². The number of hydrogen-bond acceptors (Lipinski definition) is 8. The van der Waals surface area contributed by atoms with Crippen LogP contribution < -0.4 is 15.8 Å². The van der Waals surface area contributed by atoms with Gasteiger partial charge in [-0.25, -0.2) is 4.79 Å². The van der Waals surface area contributed by atoms with E-state index < -0.39 is 24.7 Å². The van der Waals surface area contributed by atoms with Crippen LogP contribution in [0.1, 0.15) is 35.7 Å². The number of phenols is 1. The molecule has 0 bridgehead atoms. The summed E-state index contributed by atoms with van der Waals surface area (Å²) in [6.45, 7) is 6.09. The summed E-state index contributed by atoms with van der Waals surface area (Å²) in [6, 6.07) is 3.09. The Labute approximate surface area is 181 Å². The van der Waals surface area contributed by atoms with Crippen molar-refractivity contribution < 1.29 is 34.6 Å². The molecule has 1 aliphatic carbocycles. The van der Waals surface area contributed by atoms with Gasteiger partial charge < -0.3 is 36.0 Å². The van der Waals surface area contributed by atoms with Crippen LogP contribution >= 0.6 is 0 Å². The van der Waals surface area contributed by atoms with Crippen LogP contribution in [0.2, 0.25) is 5.82 Å². The first-order valence-electron chi connectivity index (χ1n) is 10.5. The van der Waals surface area contributed by atoms with Gasteiger partial charge in [-0.05, 0) is 23.5 Å². The third-order valence-corrected chi connectivity index (χ3v) is 6.18. The number of ether oxygens (including phenoxy) is 1. The van der Waals surface area contributed by atoms with Crippen LogP contribution in [0.15, 0.2) is 12.1 Å². The van der Waals surface area contributed by atoms with Crippen LogP contribution in [0, 0.1) is 11.8 Å². The molecule has 2 aliphatic rings. The van der Waals surface area contributed by atoms with Crippen LogP contribution in [-0.2, 0) is 4.79 Å². The number of amides is 1. The van der Waals surface area contributed by atoms with Gasteiger partial charge in [-0.1, -0.05) is 19.9 Å². The Morgan fingerprint density at radius 1 is 1.35 bits per heavy atom. The van der Waals surface area contributed by atoms with Gasteiger partial charge >= 0.3 is 13.1 Å². The third-order valence-electron chi connectivity index (χ3n) is 6.18. The predicted molar refractivity (Wildman–Crippen MR) is 113 cm³/mol. The number of nitrogens with zero attached hydrogens (tertiary/aromatic N) is 1. The fourth-order valence-corrected chi connectivity index (χ4v) is 4.37. The number of carboxylic acids is 1. The lowest BCUT2D eigenvalue weighted by atomic mass is 9.80. The first-order chi connectivity index (χ1) is 14.6. The Morgan fingerprint density at radius 3 is 2.58 bits per heavy atom. The van der Waals surface area contributed by atoms with Crippen molar-refractivity contribution in [2.45, 2.75) is 31.7 Å². The predicted octanol–water partition coefficient (Wildman–Crippen LogP) is -0.559. The standard InChI is InChI=1S/C20H30BN3O7/c1-10(19(26)23-6-5-22)7-24-8-12(9-24)31-14-4-3-13(18(25)16(14)20(27)28)15-11(2)17(15)21(29)30/h3-4,10-12,15,17,25,29-30H,5-9,22H2,1-2H3,(H,23,26)(H,27,28)/t10-,11-,15?,17?/m0/s1. The zero-order valence-electron chi connectivity index (χ0n) is 17.7. The molecule has 1 saturated carbocycles. The summed E-state index contributed by atoms with van der Waals surface area (Å²) in [4.78, 5) is 25.8. The highest BCUT2D eigenvalue weighted by Crippen LogP contribution is 2.61. The van der Waals surface area contributed by atoms with Crippen LogP contribution in [0.5, 0.6) is 11.5 Å². The number of aromatic hydroxyl groups is 1. The molecule has 11 heteroatoms. The Balaban J connectivity index is 1.61. The molecule has 0 aromatic heterocycles. The second kappa shape index (κ2) is 9.43. The number of carbonyl (C=O) groups is 2. The van der Waals surface area contributed by atoms with E-state index >= 15 is 0 Å². The maximum absolute atomic E-state index is 11.9. The molecule has 170 valence electrons. The molecule has 2 unspecified atom stereocenters. The number of hydrogen-bond donors (Lipinski definition) is 6. The highest BCUT2D eigenvalue weighted by Gasteiger charge is 2.55. The average molecular weight is 435 g/mol. The number of benzene rings is 1. The summed E-state index contributed by atoms with van der Waals surface area (Å²) in [7, 11) is -1.52. The number of nitrogens with two attached hydrogens (primary N) is 1. The summed E-state index contributed by atoms with van der Waals surface area (Å²) in [5.74, 6) is -2.76. The minimum atomic E-state index is -1.52. The van der Waals surface area contributed by atoms with Crippen LogP contribution in [0.25, 0.3) is 0 Å². The van der Waals surface area contributed by atoms with Gasteiger partial charge in [0, 0.05) is 44.5 Å². The molecule has 1 aromatic rings. The second-order valence-corrected chi connectivity index (χ2v) is 8.50. The maximum Gasteiger partial charge on any atom is 0.455 e. The molecular weight excluding hydrogens is 405 g/mol. The van der Waals surface area contributed by atoms with Crippen molar-refractivity contribution in [2.75, 3.05) is 32.7 Å². The molecule has 1 saturated heterocycles. The SMILES string of the molecule is C[C@@H]1C(B(O)O)C1c1ccc(OC2CN(C[C@H](C)C(=O)NCCN)C2)c(C(=O)O)c1O. The minimum absolute atomic E-state index is 0.0656. The molecule has 0 spiro atoms. The third kappa shape index (κ3) is 4.95. The number of carbonyl (C=O) groups excluding carboxylic acids is 1. The van der Waals surface area contributed by atoms with E-state index in [0.29, 0.717) is 38.3 Å². The van der Waals surface area contributed by atoms with E-state index in [4.69, 9.17) is 10.5 Å². The van der Waals surface area contributed by atoms with E-state index in [1.54, 1.807) is 6.07 Å². The zero-order valence-corrected chi connectivity index (χ0v) is 17.7. The summed E-state index contributed by atoms with van der Waals surface area (Å²) in [5, 5.41) is 41.8. The van der Waals surface area contributed by atoms with Gasteiger partial charge in [-0.15, -0.1) is 0 Å². The summed E-state index contributed by atoms with van der Waals surface area (Å²) in [6.07, 6.45) is -0.255. The van der Waals surface area contributed by atoms with Gasteiger partial charge in [0.1, 0.15) is 23.2 Å². The van der Waals surface area contributed by atoms with E-state index in [1.807, 2.05) is 18.7 Å². The number of nitrogens with one attached hydrogen (secondary N) is 1. The van der Waals surface area contributed by atoms with E-state index in [-0.39, 0.29) is 41.1 Å². The fourth-order valence-electron chi connectivity index (χ4n) is 4.37. The highest BCUT2D eigenvalue weighted by atomic mass is 16.5. The van der Waals surface area contributed by atoms with Gasteiger partial charge in [0.05, 0.1) is 0 Å². The lowest BCUT2D eigenvalue weighted by molar-refractivity contribution is -0.125. The lowest BCUT2D eigenvalue weighted by Crippen LogP contribution is -2.56. The number of rotatable bonds is 10. The molecular formula is C20H30BN3O7. The summed E-state index contributed by atoms with van der Waals surface area (Å²) in [5.41, 5.74) is 5.44. The second-order valence-electron chi connectivity index (χ2n) is 8.50. The molecule has 0 radical (unpaired) electrons. The van der Waals surface area contributed by atoms with Crippen LogP contribution in [0.4, 0.5) is 0 Å². The van der Waals surface area contributed by atoms with E-state index in [2.05, 4.69) is 5.32 Å². The molecule has 3 rings (SSSR count). The molecule has 10 nitrogen and oxygen atoms in total. The van der Waals surface area contributed by atoms with Gasteiger partial charge in [0.25, 0.3) is 0 Å². The number of likely N-dealkylation sites (tertiary alicyclic amines) is 1. The highest BCUT2D eigenvalue weighted by molar-refractivity contribution is 6.45. The topological polar surface area (TPSA) is 166 Å². The van der Waals surface area contributed by atoms with Crippen LogP contribution in [0.3, 0.4) is 0 Å². The van der Waals surface area contributed by atoms with Gasteiger partial charge in [0.2, 0.25) is 5.91 Å². The monoisotopic (exact) mass is 435 g/mol. The fraction of sp³-hybridized carbons (Fsp3) is 0.600. The van der Waals surface area contributed by atoms with E-state index in [9.17, 15) is 29.9 Å². The Morgan fingerprint density at radius 2 is 2.03 bits per heavy atom. The molecule has 1 heterocycles. The van der Waals surface area contributed by atoms with Gasteiger partial charge in [0.15, 0.2) is 0 Å². The molecule has 1 aliphatic heterocycles. The molecule has 4 atom stereocenters. The van der Waals surface area contributed by atoms with Crippen LogP contribution in [-0.4, -0.2) is 83.0 Å². The normalized spacial score (nSPS) is 24.2. The first kappa shape index (κ1) is 23.3. The van der Waals surface area contributed by atoms with Crippen molar-refractivity contribution in [3.63, 3.8) is 0 Å². The molecule has 1 amide bonds. The van der Waals surface area contributed by atoms with E-state index in [1.165, 1.54) is 6.07 Å². The minimum Gasteiger partial charge on any atom is -0.507 e. The largest absolute Gasteiger partial charge is 0.507 e. The first-order valence-corrected chi connectivity index (χ1v) is 10.5. The van der Waals surface area contributed by atoms with E-state index in [0.717, 1.165) is 0 Å². The molecule has 7 N–H and O–H groups in total. The molecule has 31 heavy (non-hydrogen) atoms. The van der Waals surface area contributed by atoms with Crippen molar-refractivity contribution in [1.29, 1.82) is 0 Å². The molecule has 1 aromatic carbocycles. The number of carboxylic acid groups (broad SMARTS) is 1. The van der Waals surface area contributed by atoms with Crippen molar-refractivity contribution in [1.82, 2.24) is 10.2 Å². The number of aromatic carboxylic acids is 1. The van der Waals surface area contributed by atoms with Gasteiger partial charge in [-0.3, -0.25) is 9.69 Å². The lowest BCUT2D eigenvalue weighted by Gasteiger charge is -2.40. The quantitative estimate of drug-likeness (QED) is 0.264. The van der Waals surface area contributed by atoms with Crippen molar-refractivity contribution in [2.24, 2.45) is 17.6 Å². The molecule has 2 fully saturated rings. The Hall–Kier alpha value is -2.34. The van der Waals surface area contributed by atoms with Crippen molar-refractivity contribution >= 4 is 19.0 Å². The average Bonchev–Trinajstić information content (AvgIpc) is 3.34. The Bertz CT molecular complexity index is 831. The summed E-state index contributed by atoms with van der Waals surface area (Å²) >= 11 is 0.